The van der Waals surface area contributed by atoms with Crippen LogP contribution in [0.1, 0.15) is 20.3 Å². The number of rotatable bonds is 6. The molecule has 1 aliphatic carbocycles. The van der Waals surface area contributed by atoms with Crippen LogP contribution in [0.3, 0.4) is 0 Å². The highest BCUT2D eigenvalue weighted by atomic mass is 16.4. The van der Waals surface area contributed by atoms with Crippen molar-refractivity contribution in [3.05, 3.63) is 0 Å². The highest BCUT2D eigenvalue weighted by molar-refractivity contribution is 5.91. The molecule has 1 aliphatic rings. The van der Waals surface area contributed by atoms with Crippen LogP contribution in [0.25, 0.3) is 0 Å². The van der Waals surface area contributed by atoms with Gasteiger partial charge in [-0.3, -0.25) is 14.4 Å². The van der Waals surface area contributed by atoms with Crippen LogP contribution < -0.4 is 5.73 Å². The van der Waals surface area contributed by atoms with Crippen molar-refractivity contribution in [2.45, 2.75) is 20.3 Å². The minimum atomic E-state index is -0.952. The summed E-state index contributed by atoms with van der Waals surface area (Å²) in [5.41, 5.74) is 5.07. The van der Waals surface area contributed by atoms with Crippen LogP contribution in [0.5, 0.6) is 0 Å². The summed E-state index contributed by atoms with van der Waals surface area (Å²) in [4.78, 5) is 34.9. The number of hydrogen-bond donors (Lipinski definition) is 2. The molecule has 0 aromatic carbocycles. The normalized spacial score (nSPS) is 22.3. The van der Waals surface area contributed by atoms with Gasteiger partial charge >= 0.3 is 5.97 Å². The summed E-state index contributed by atoms with van der Waals surface area (Å²) >= 11 is 0. The molecule has 1 fully saturated rings. The van der Waals surface area contributed by atoms with Crippen molar-refractivity contribution in [1.29, 1.82) is 0 Å². The van der Waals surface area contributed by atoms with Gasteiger partial charge in [-0.2, -0.15) is 0 Å². The van der Waals surface area contributed by atoms with E-state index in [-0.39, 0.29) is 18.4 Å². The first-order chi connectivity index (χ1) is 7.82. The van der Waals surface area contributed by atoms with Crippen molar-refractivity contribution in [1.82, 2.24) is 4.90 Å². The number of nitrogens with two attached hydrogens (primary N) is 1. The number of hydrogen-bond acceptors (Lipinski definition) is 3. The van der Waals surface area contributed by atoms with Crippen LogP contribution in [0, 0.1) is 17.8 Å². The molecule has 1 rings (SSSR count). The van der Waals surface area contributed by atoms with Gasteiger partial charge in [-0.25, -0.2) is 0 Å². The maximum absolute atomic E-state index is 11.9. The van der Waals surface area contributed by atoms with E-state index < -0.39 is 23.7 Å². The molecule has 0 aromatic heterocycles. The summed E-state index contributed by atoms with van der Waals surface area (Å²) in [6.07, 6.45) is 0.363. The molecule has 0 aliphatic heterocycles. The molecular weight excluding hydrogens is 224 g/mol. The summed E-state index contributed by atoms with van der Waals surface area (Å²) in [7, 11) is 0. The molecule has 96 valence electrons. The van der Waals surface area contributed by atoms with Gasteiger partial charge in [0.15, 0.2) is 0 Å². The maximum Gasteiger partial charge on any atom is 0.307 e. The average molecular weight is 242 g/mol. The molecule has 3 N–H and O–H groups in total. The first-order valence-electron chi connectivity index (χ1n) is 5.62. The first kappa shape index (κ1) is 13.5. The third kappa shape index (κ3) is 3.72. The van der Waals surface area contributed by atoms with E-state index >= 15 is 0 Å². The van der Waals surface area contributed by atoms with Crippen molar-refractivity contribution in [3.8, 4) is 0 Å². The summed E-state index contributed by atoms with van der Waals surface area (Å²) < 4.78 is 0. The van der Waals surface area contributed by atoms with Crippen LogP contribution >= 0.6 is 0 Å². The fourth-order valence-corrected chi connectivity index (χ4v) is 1.84. The van der Waals surface area contributed by atoms with Gasteiger partial charge in [0.2, 0.25) is 11.8 Å². The lowest BCUT2D eigenvalue weighted by Gasteiger charge is -2.23. The molecule has 0 spiro atoms. The van der Waals surface area contributed by atoms with E-state index in [0.29, 0.717) is 13.0 Å². The lowest BCUT2D eigenvalue weighted by Crippen LogP contribution is -2.41. The van der Waals surface area contributed by atoms with E-state index in [4.69, 9.17) is 10.8 Å². The smallest absolute Gasteiger partial charge is 0.307 e. The number of carboxylic acid groups (broad SMARTS) is 1. The number of amides is 2. The molecule has 0 heterocycles. The summed E-state index contributed by atoms with van der Waals surface area (Å²) in [6.45, 7) is 4.12. The minimum Gasteiger partial charge on any atom is -0.481 e. The minimum absolute atomic E-state index is 0.139. The zero-order valence-corrected chi connectivity index (χ0v) is 10.0. The van der Waals surface area contributed by atoms with Gasteiger partial charge < -0.3 is 15.7 Å². The van der Waals surface area contributed by atoms with E-state index in [1.165, 1.54) is 4.90 Å². The molecule has 17 heavy (non-hydrogen) atoms. The highest BCUT2D eigenvalue weighted by Crippen LogP contribution is 2.40. The van der Waals surface area contributed by atoms with Crippen LogP contribution in [-0.4, -0.2) is 40.9 Å². The molecular formula is C11H18N2O4. The molecule has 0 saturated heterocycles. The van der Waals surface area contributed by atoms with Gasteiger partial charge in [-0.1, -0.05) is 13.8 Å². The Morgan fingerprint density at radius 1 is 1.35 bits per heavy atom. The van der Waals surface area contributed by atoms with E-state index in [1.807, 2.05) is 13.8 Å². The SMILES string of the molecule is CC(C)CN(CC(N)=O)C(=O)[C@H]1C[C@@H]1C(=O)O. The molecule has 6 heteroatoms. The molecule has 6 nitrogen and oxygen atoms in total. The van der Waals surface area contributed by atoms with Crippen LogP contribution in [0.4, 0.5) is 0 Å². The van der Waals surface area contributed by atoms with Crippen molar-refractivity contribution < 1.29 is 19.5 Å². The fourth-order valence-electron chi connectivity index (χ4n) is 1.84. The molecule has 0 aromatic rings. The molecule has 0 unspecified atom stereocenters. The highest BCUT2D eigenvalue weighted by Gasteiger charge is 2.49. The number of aliphatic carboxylic acids is 1. The lowest BCUT2D eigenvalue weighted by atomic mass is 10.2. The topological polar surface area (TPSA) is 101 Å². The molecule has 2 amide bonds. The number of carboxylic acids is 1. The molecule has 1 saturated carbocycles. The number of primary amides is 1. The Bertz CT molecular complexity index is 340. The van der Waals surface area contributed by atoms with Crippen molar-refractivity contribution in [2.24, 2.45) is 23.5 Å². The Labute approximate surface area is 99.8 Å². The van der Waals surface area contributed by atoms with Crippen LogP contribution in [0.15, 0.2) is 0 Å². The predicted octanol–water partition coefficient (Wildman–Crippen LogP) is -0.323. The number of carbonyl (C=O) groups excluding carboxylic acids is 2. The summed E-state index contributed by atoms with van der Waals surface area (Å²) in [6, 6.07) is 0. The van der Waals surface area contributed by atoms with Crippen LogP contribution in [-0.2, 0) is 14.4 Å². The molecule has 0 radical (unpaired) electrons. The zero-order valence-electron chi connectivity index (χ0n) is 10.0. The largest absolute Gasteiger partial charge is 0.481 e. The zero-order chi connectivity index (χ0) is 13.2. The first-order valence-corrected chi connectivity index (χ1v) is 5.62. The lowest BCUT2D eigenvalue weighted by molar-refractivity contribution is -0.142. The summed E-state index contributed by atoms with van der Waals surface area (Å²) in [5, 5.41) is 8.76. The predicted molar refractivity (Wildman–Crippen MR) is 59.8 cm³/mol. The average Bonchev–Trinajstić information content (AvgIpc) is 2.93. The van der Waals surface area contributed by atoms with E-state index in [9.17, 15) is 14.4 Å². The number of nitrogens with zero attached hydrogens (tertiary/aromatic N) is 1. The Hall–Kier alpha value is -1.59. The second-order valence-corrected chi connectivity index (χ2v) is 4.87. The van der Waals surface area contributed by atoms with E-state index in [0.717, 1.165) is 0 Å². The monoisotopic (exact) mass is 242 g/mol. The van der Waals surface area contributed by atoms with Crippen molar-refractivity contribution >= 4 is 17.8 Å². The standard InChI is InChI=1S/C11H18N2O4/c1-6(2)4-13(5-9(12)14)10(15)7-3-8(7)11(16)17/h6-8H,3-5H2,1-2H3,(H2,12,14)(H,16,17)/t7-,8-/m0/s1. The maximum atomic E-state index is 11.9. The van der Waals surface area contributed by atoms with Gasteiger partial charge in [-0.15, -0.1) is 0 Å². The third-order valence-corrected chi connectivity index (χ3v) is 2.67. The van der Waals surface area contributed by atoms with Crippen molar-refractivity contribution in [2.75, 3.05) is 13.1 Å². The van der Waals surface area contributed by atoms with Gasteiger partial charge in [0.1, 0.15) is 0 Å². The van der Waals surface area contributed by atoms with E-state index in [1.54, 1.807) is 0 Å². The van der Waals surface area contributed by atoms with Gasteiger partial charge in [-0.05, 0) is 12.3 Å². The quantitative estimate of drug-likeness (QED) is 0.666. The third-order valence-electron chi connectivity index (χ3n) is 2.67. The second-order valence-electron chi connectivity index (χ2n) is 4.87. The van der Waals surface area contributed by atoms with Gasteiger partial charge in [0.05, 0.1) is 18.4 Å². The van der Waals surface area contributed by atoms with Gasteiger partial charge in [0, 0.05) is 6.54 Å². The summed E-state index contributed by atoms with van der Waals surface area (Å²) in [5.74, 6) is -2.67. The van der Waals surface area contributed by atoms with Crippen LogP contribution in [0.2, 0.25) is 0 Å². The van der Waals surface area contributed by atoms with Crippen molar-refractivity contribution in [3.63, 3.8) is 0 Å². The molecule has 2 atom stereocenters. The number of carbonyl (C=O) groups is 3. The Balaban J connectivity index is 2.61. The fraction of sp³-hybridized carbons (Fsp3) is 0.727. The Morgan fingerprint density at radius 2 is 1.94 bits per heavy atom. The van der Waals surface area contributed by atoms with Gasteiger partial charge in [0.25, 0.3) is 0 Å². The Kier molecular flexibility index (Phi) is 4.09. The molecule has 0 bridgehead atoms. The van der Waals surface area contributed by atoms with E-state index in [2.05, 4.69) is 0 Å². The Morgan fingerprint density at radius 3 is 2.29 bits per heavy atom. The second kappa shape index (κ2) is 5.16.